The highest BCUT2D eigenvalue weighted by atomic mass is 32.1. The third-order valence-corrected chi connectivity index (χ3v) is 3.06. The van der Waals surface area contributed by atoms with Gasteiger partial charge in [0.2, 0.25) is 5.43 Å². The summed E-state index contributed by atoms with van der Waals surface area (Å²) in [6, 6.07) is 0. The Kier molecular flexibility index (Phi) is 4.93. The van der Waals surface area contributed by atoms with Gasteiger partial charge in [-0.1, -0.05) is 38.9 Å². The van der Waals surface area contributed by atoms with Gasteiger partial charge in [-0.15, -0.1) is 0 Å². The van der Waals surface area contributed by atoms with Crippen LogP contribution in [-0.2, 0) is 0 Å². The molecule has 0 aliphatic carbocycles. The van der Waals surface area contributed by atoms with Crippen LogP contribution in [-0.4, -0.2) is 13.6 Å². The fourth-order valence-electron chi connectivity index (χ4n) is 1.69. The molecule has 3 nitrogen and oxygen atoms in total. The maximum absolute atomic E-state index is 11.3. The molecule has 0 fully saturated rings. The largest absolute Gasteiger partial charge is 0.383 e. The molecule has 1 rings (SSSR count). The molecule has 1 aromatic rings. The van der Waals surface area contributed by atoms with Gasteiger partial charge in [0.05, 0.1) is 5.69 Å². The lowest BCUT2D eigenvalue weighted by Crippen LogP contribution is -2.20. The van der Waals surface area contributed by atoms with Gasteiger partial charge in [-0.25, -0.2) is 0 Å². The minimum absolute atomic E-state index is 0.0396. The van der Waals surface area contributed by atoms with Crippen molar-refractivity contribution in [1.29, 1.82) is 0 Å². The average Bonchev–Trinajstić information content (AvgIpc) is 2.26. The maximum Gasteiger partial charge on any atom is 0.223 e. The van der Waals surface area contributed by atoms with Gasteiger partial charge in [0.1, 0.15) is 10.2 Å². The molecule has 0 aromatic heterocycles. The third kappa shape index (κ3) is 3.04. The first-order chi connectivity index (χ1) is 7.57. The van der Waals surface area contributed by atoms with Gasteiger partial charge in [-0.05, 0) is 12.3 Å². The molecule has 90 valence electrons. The van der Waals surface area contributed by atoms with E-state index in [0.29, 0.717) is 10.2 Å². The van der Waals surface area contributed by atoms with E-state index >= 15 is 0 Å². The van der Waals surface area contributed by atoms with Crippen LogP contribution in [0, 0.1) is 10.4 Å². The SMILES string of the molecule is CNc1c(NCCCCC(C)C)c(=S)c1=O. The second kappa shape index (κ2) is 5.99. The van der Waals surface area contributed by atoms with Crippen LogP contribution in [0.3, 0.4) is 0 Å². The summed E-state index contributed by atoms with van der Waals surface area (Å²) < 4.78 is 0.438. The molecular weight excluding hydrogens is 220 g/mol. The van der Waals surface area contributed by atoms with Crippen molar-refractivity contribution >= 4 is 23.6 Å². The summed E-state index contributed by atoms with van der Waals surface area (Å²) >= 11 is 4.98. The Balaban J connectivity index is 2.30. The Bertz CT molecular complexity index is 405. The highest BCUT2D eigenvalue weighted by molar-refractivity contribution is 7.71. The summed E-state index contributed by atoms with van der Waals surface area (Å²) in [5, 5.41) is 6.10. The molecule has 0 aliphatic heterocycles. The number of unbranched alkanes of at least 4 members (excludes halogenated alkanes) is 1. The van der Waals surface area contributed by atoms with Crippen LogP contribution in [0.2, 0.25) is 0 Å². The van der Waals surface area contributed by atoms with Gasteiger partial charge in [-0.3, -0.25) is 4.79 Å². The van der Waals surface area contributed by atoms with Crippen LogP contribution in [0.5, 0.6) is 0 Å². The third-order valence-electron chi connectivity index (χ3n) is 2.67. The normalized spacial score (nSPS) is 11.0. The van der Waals surface area contributed by atoms with E-state index in [0.717, 1.165) is 24.6 Å². The Morgan fingerprint density at radius 1 is 1.25 bits per heavy atom. The van der Waals surface area contributed by atoms with Crippen molar-refractivity contribution in [1.82, 2.24) is 0 Å². The van der Waals surface area contributed by atoms with Crippen molar-refractivity contribution in [2.24, 2.45) is 5.92 Å². The van der Waals surface area contributed by atoms with Gasteiger partial charge in [0, 0.05) is 13.6 Å². The van der Waals surface area contributed by atoms with E-state index in [1.807, 2.05) is 0 Å². The van der Waals surface area contributed by atoms with Crippen LogP contribution in [0.25, 0.3) is 0 Å². The molecule has 0 aliphatic rings. The highest BCUT2D eigenvalue weighted by Gasteiger charge is 2.15. The standard InChI is InChI=1S/C12H20N2OS/c1-8(2)6-4-5-7-14-10-9(13-3)11(15)12(10)16/h8,13-14H,4-7H2,1-3H3. The Labute approximate surface area is 102 Å². The molecular formula is C12H20N2OS. The number of rotatable bonds is 7. The van der Waals surface area contributed by atoms with Gasteiger partial charge in [0.25, 0.3) is 0 Å². The molecule has 0 radical (unpaired) electrons. The fraction of sp³-hybridized carbons (Fsp3) is 0.667. The van der Waals surface area contributed by atoms with E-state index in [2.05, 4.69) is 24.5 Å². The minimum Gasteiger partial charge on any atom is -0.383 e. The van der Waals surface area contributed by atoms with Crippen molar-refractivity contribution in [3.8, 4) is 0 Å². The summed E-state index contributed by atoms with van der Waals surface area (Å²) in [6.07, 6.45) is 3.59. The lowest BCUT2D eigenvalue weighted by Gasteiger charge is -2.14. The monoisotopic (exact) mass is 240 g/mol. The molecule has 0 unspecified atom stereocenters. The average molecular weight is 240 g/mol. The van der Waals surface area contributed by atoms with E-state index in [4.69, 9.17) is 12.2 Å². The first-order valence-corrected chi connectivity index (χ1v) is 6.23. The van der Waals surface area contributed by atoms with Crippen molar-refractivity contribution < 1.29 is 0 Å². The van der Waals surface area contributed by atoms with Crippen molar-refractivity contribution in [2.75, 3.05) is 24.2 Å². The van der Waals surface area contributed by atoms with Gasteiger partial charge >= 0.3 is 0 Å². The Morgan fingerprint density at radius 3 is 2.50 bits per heavy atom. The summed E-state index contributed by atoms with van der Waals surface area (Å²) in [4.78, 5) is 11.3. The zero-order chi connectivity index (χ0) is 12.1. The summed E-state index contributed by atoms with van der Waals surface area (Å²) in [5.74, 6) is 0.762. The molecule has 0 amide bonds. The molecule has 1 aromatic carbocycles. The lowest BCUT2D eigenvalue weighted by atomic mass is 10.1. The molecule has 0 atom stereocenters. The predicted octanol–water partition coefficient (Wildman–Crippen LogP) is 2.93. The van der Waals surface area contributed by atoms with Crippen LogP contribution in [0.4, 0.5) is 11.4 Å². The van der Waals surface area contributed by atoms with Crippen molar-refractivity contribution in [3.63, 3.8) is 0 Å². The molecule has 16 heavy (non-hydrogen) atoms. The van der Waals surface area contributed by atoms with E-state index < -0.39 is 0 Å². The molecule has 0 heterocycles. The quantitative estimate of drug-likeness (QED) is 0.568. The first kappa shape index (κ1) is 13.2. The number of hydrogen-bond donors (Lipinski definition) is 2. The van der Waals surface area contributed by atoms with Crippen LogP contribution in [0.1, 0.15) is 33.1 Å². The first-order valence-electron chi connectivity index (χ1n) is 5.82. The smallest absolute Gasteiger partial charge is 0.223 e. The van der Waals surface area contributed by atoms with Crippen LogP contribution in [0.15, 0.2) is 4.79 Å². The topological polar surface area (TPSA) is 41.1 Å². The van der Waals surface area contributed by atoms with Gasteiger partial charge < -0.3 is 10.6 Å². The van der Waals surface area contributed by atoms with Gasteiger partial charge in [0.15, 0.2) is 0 Å². The highest BCUT2D eigenvalue weighted by Crippen LogP contribution is 2.22. The predicted molar refractivity (Wildman–Crippen MR) is 72.6 cm³/mol. The van der Waals surface area contributed by atoms with E-state index in [-0.39, 0.29) is 5.43 Å². The molecule has 0 bridgehead atoms. The van der Waals surface area contributed by atoms with E-state index in [1.54, 1.807) is 7.05 Å². The van der Waals surface area contributed by atoms with E-state index in [9.17, 15) is 4.79 Å². The molecule has 0 saturated heterocycles. The van der Waals surface area contributed by atoms with Crippen LogP contribution < -0.4 is 16.1 Å². The molecule has 0 spiro atoms. The molecule has 2 N–H and O–H groups in total. The summed E-state index contributed by atoms with van der Waals surface area (Å²) in [6.45, 7) is 5.35. The number of nitrogens with one attached hydrogen (secondary N) is 2. The van der Waals surface area contributed by atoms with Gasteiger partial charge in [-0.2, -0.15) is 0 Å². The second-order valence-corrected chi connectivity index (χ2v) is 4.88. The molecule has 0 saturated carbocycles. The number of hydrogen-bond acceptors (Lipinski definition) is 4. The second-order valence-electron chi connectivity index (χ2n) is 4.47. The Morgan fingerprint density at radius 2 is 1.94 bits per heavy atom. The van der Waals surface area contributed by atoms with Crippen molar-refractivity contribution in [2.45, 2.75) is 33.1 Å². The lowest BCUT2D eigenvalue weighted by molar-refractivity contribution is 0.545. The fourth-order valence-corrected chi connectivity index (χ4v) is 1.97. The zero-order valence-corrected chi connectivity index (χ0v) is 11.0. The summed E-state index contributed by atoms with van der Waals surface area (Å²) in [5.41, 5.74) is 1.42. The summed E-state index contributed by atoms with van der Waals surface area (Å²) in [7, 11) is 1.75. The number of anilines is 2. The maximum atomic E-state index is 11.3. The molecule has 4 heteroatoms. The van der Waals surface area contributed by atoms with Crippen molar-refractivity contribution in [3.05, 3.63) is 14.7 Å². The minimum atomic E-state index is -0.0396. The Hall–Kier alpha value is -0.900. The zero-order valence-electron chi connectivity index (χ0n) is 10.2. The van der Waals surface area contributed by atoms with Crippen LogP contribution >= 0.6 is 12.2 Å². The van der Waals surface area contributed by atoms with E-state index in [1.165, 1.54) is 12.8 Å².